The summed E-state index contributed by atoms with van der Waals surface area (Å²) in [5.41, 5.74) is 1.85. The molecular weight excluding hydrogens is 224 g/mol. The zero-order valence-electron chi connectivity index (χ0n) is 12.0. The third-order valence-corrected chi connectivity index (χ3v) is 4.00. The molecule has 2 rings (SSSR count). The summed E-state index contributed by atoms with van der Waals surface area (Å²) in [6.45, 7) is 9.05. The Morgan fingerprint density at radius 1 is 1.33 bits per heavy atom. The molecule has 0 radical (unpaired) electrons. The van der Waals surface area contributed by atoms with E-state index in [0.29, 0.717) is 5.41 Å². The summed E-state index contributed by atoms with van der Waals surface area (Å²) < 4.78 is 5.53. The number of likely N-dealkylation sites (tertiary alicyclic amines) is 1. The number of rotatable bonds is 4. The molecule has 0 bridgehead atoms. The zero-order valence-corrected chi connectivity index (χ0v) is 12.0. The molecule has 102 valence electrons. The first-order chi connectivity index (χ1) is 8.61. The second-order valence-electron chi connectivity index (χ2n) is 6.19. The van der Waals surface area contributed by atoms with Crippen LogP contribution in [-0.2, 0) is 13.1 Å². The van der Waals surface area contributed by atoms with Crippen molar-refractivity contribution in [3.63, 3.8) is 0 Å². The molecule has 2 heterocycles. The molecule has 0 saturated carbocycles. The smallest absolute Gasteiger partial charge is 0.122 e. The van der Waals surface area contributed by atoms with Gasteiger partial charge in [-0.3, -0.25) is 4.90 Å². The van der Waals surface area contributed by atoms with E-state index in [1.807, 2.05) is 13.3 Å². The number of furan rings is 1. The van der Waals surface area contributed by atoms with E-state index < -0.39 is 0 Å². The summed E-state index contributed by atoms with van der Waals surface area (Å²) in [6, 6.07) is 2.11. The number of nitrogens with one attached hydrogen (secondary N) is 1. The molecule has 1 aliphatic heterocycles. The molecule has 0 unspecified atom stereocenters. The van der Waals surface area contributed by atoms with E-state index >= 15 is 0 Å². The summed E-state index contributed by atoms with van der Waals surface area (Å²) in [7, 11) is 1.96. The van der Waals surface area contributed by atoms with Crippen molar-refractivity contribution in [3.05, 3.63) is 23.7 Å². The molecule has 1 fully saturated rings. The van der Waals surface area contributed by atoms with Crippen molar-refractivity contribution >= 4 is 0 Å². The van der Waals surface area contributed by atoms with Gasteiger partial charge in [0.15, 0.2) is 0 Å². The molecule has 3 nitrogen and oxygen atoms in total. The van der Waals surface area contributed by atoms with Crippen LogP contribution in [0.3, 0.4) is 0 Å². The molecular formula is C15H26N2O. The van der Waals surface area contributed by atoms with Gasteiger partial charge in [-0.15, -0.1) is 0 Å². The van der Waals surface area contributed by atoms with Crippen molar-refractivity contribution in [2.45, 2.75) is 46.2 Å². The van der Waals surface area contributed by atoms with E-state index in [1.165, 1.54) is 37.9 Å². The third kappa shape index (κ3) is 3.59. The van der Waals surface area contributed by atoms with Gasteiger partial charge in [-0.25, -0.2) is 0 Å². The van der Waals surface area contributed by atoms with Gasteiger partial charge < -0.3 is 9.73 Å². The van der Waals surface area contributed by atoms with Gasteiger partial charge in [0.1, 0.15) is 5.76 Å². The fourth-order valence-electron chi connectivity index (χ4n) is 2.70. The van der Waals surface area contributed by atoms with Gasteiger partial charge in [0, 0.05) is 12.1 Å². The highest BCUT2D eigenvalue weighted by Crippen LogP contribution is 2.30. The maximum absolute atomic E-state index is 5.53. The summed E-state index contributed by atoms with van der Waals surface area (Å²) in [4.78, 5) is 2.57. The fraction of sp³-hybridized carbons (Fsp3) is 0.733. The van der Waals surface area contributed by atoms with Crippen molar-refractivity contribution in [2.75, 3.05) is 20.1 Å². The van der Waals surface area contributed by atoms with Crippen LogP contribution in [0.1, 0.15) is 44.4 Å². The van der Waals surface area contributed by atoms with E-state index in [4.69, 9.17) is 4.42 Å². The normalized spacial score (nSPS) is 20.8. The molecule has 0 aromatic carbocycles. The molecule has 1 aromatic heterocycles. The Balaban J connectivity index is 1.94. The molecule has 1 aliphatic rings. The number of hydrogen-bond donors (Lipinski definition) is 1. The van der Waals surface area contributed by atoms with Crippen LogP contribution >= 0.6 is 0 Å². The Morgan fingerprint density at radius 3 is 2.94 bits per heavy atom. The summed E-state index contributed by atoms with van der Waals surface area (Å²) in [5, 5.41) is 3.16. The zero-order chi connectivity index (χ0) is 13.0. The Labute approximate surface area is 111 Å². The molecule has 18 heavy (non-hydrogen) atoms. The Morgan fingerprint density at radius 2 is 2.17 bits per heavy atom. The molecule has 0 aliphatic carbocycles. The quantitative estimate of drug-likeness (QED) is 0.890. The second-order valence-corrected chi connectivity index (χ2v) is 6.19. The predicted octanol–water partition coefficient (Wildman–Crippen LogP) is 3.01. The average Bonchev–Trinajstić information content (AvgIpc) is 2.66. The van der Waals surface area contributed by atoms with Gasteiger partial charge in [-0.2, -0.15) is 0 Å². The molecule has 0 amide bonds. The Kier molecular flexibility index (Phi) is 4.46. The maximum Gasteiger partial charge on any atom is 0.122 e. The van der Waals surface area contributed by atoms with Crippen molar-refractivity contribution in [1.82, 2.24) is 10.2 Å². The number of nitrogens with zero attached hydrogens (tertiary/aromatic N) is 1. The van der Waals surface area contributed by atoms with Gasteiger partial charge in [-0.1, -0.05) is 13.8 Å². The Hall–Kier alpha value is -0.800. The molecule has 1 saturated heterocycles. The SMILES string of the molecule is CNCc1occc1CN1CCCC(C)(C)CC1. The monoisotopic (exact) mass is 250 g/mol. The first-order valence-corrected chi connectivity index (χ1v) is 7.03. The van der Waals surface area contributed by atoms with Crippen LogP contribution in [0.4, 0.5) is 0 Å². The number of hydrogen-bond acceptors (Lipinski definition) is 3. The minimum atomic E-state index is 0.513. The molecule has 1 aromatic rings. The lowest BCUT2D eigenvalue weighted by Gasteiger charge is -2.23. The first-order valence-electron chi connectivity index (χ1n) is 7.03. The average molecular weight is 250 g/mol. The minimum Gasteiger partial charge on any atom is -0.468 e. The Bertz CT molecular complexity index is 370. The highest BCUT2D eigenvalue weighted by Gasteiger charge is 2.23. The lowest BCUT2D eigenvalue weighted by atomic mass is 9.85. The van der Waals surface area contributed by atoms with Crippen LogP contribution < -0.4 is 5.32 Å². The maximum atomic E-state index is 5.53. The summed E-state index contributed by atoms with van der Waals surface area (Å²) >= 11 is 0. The molecule has 0 atom stereocenters. The highest BCUT2D eigenvalue weighted by molar-refractivity contribution is 5.16. The van der Waals surface area contributed by atoms with E-state index in [1.54, 1.807) is 0 Å². The molecule has 0 spiro atoms. The minimum absolute atomic E-state index is 0.513. The van der Waals surface area contributed by atoms with E-state index in [2.05, 4.69) is 30.1 Å². The largest absolute Gasteiger partial charge is 0.468 e. The van der Waals surface area contributed by atoms with Gasteiger partial charge in [-0.05, 0) is 50.9 Å². The van der Waals surface area contributed by atoms with Gasteiger partial charge in [0.25, 0.3) is 0 Å². The lowest BCUT2D eigenvalue weighted by Crippen LogP contribution is -2.25. The van der Waals surface area contributed by atoms with E-state index in [9.17, 15) is 0 Å². The van der Waals surface area contributed by atoms with Gasteiger partial charge >= 0.3 is 0 Å². The van der Waals surface area contributed by atoms with Gasteiger partial charge in [0.05, 0.1) is 12.8 Å². The van der Waals surface area contributed by atoms with E-state index in [-0.39, 0.29) is 0 Å². The predicted molar refractivity (Wildman–Crippen MR) is 74.4 cm³/mol. The summed E-state index contributed by atoms with van der Waals surface area (Å²) in [6.07, 6.45) is 5.76. The second kappa shape index (κ2) is 5.89. The van der Waals surface area contributed by atoms with Crippen molar-refractivity contribution in [1.29, 1.82) is 0 Å². The van der Waals surface area contributed by atoms with Crippen LogP contribution in [0.25, 0.3) is 0 Å². The summed E-state index contributed by atoms with van der Waals surface area (Å²) in [5.74, 6) is 1.08. The third-order valence-electron chi connectivity index (χ3n) is 4.00. The molecule has 1 N–H and O–H groups in total. The molecule has 3 heteroatoms. The van der Waals surface area contributed by atoms with Crippen LogP contribution in [-0.4, -0.2) is 25.0 Å². The fourth-order valence-corrected chi connectivity index (χ4v) is 2.70. The van der Waals surface area contributed by atoms with Crippen LogP contribution in [0.2, 0.25) is 0 Å². The van der Waals surface area contributed by atoms with E-state index in [0.717, 1.165) is 18.8 Å². The highest BCUT2D eigenvalue weighted by atomic mass is 16.3. The van der Waals surface area contributed by atoms with Gasteiger partial charge in [0.2, 0.25) is 0 Å². The standard InChI is InChI=1S/C15H26N2O/c1-15(2)6-4-8-17(9-7-15)12-13-5-10-18-14(13)11-16-3/h5,10,16H,4,6-9,11-12H2,1-3H3. The van der Waals surface area contributed by atoms with Crippen molar-refractivity contribution in [2.24, 2.45) is 5.41 Å². The topological polar surface area (TPSA) is 28.4 Å². The van der Waals surface area contributed by atoms with Crippen molar-refractivity contribution < 1.29 is 4.42 Å². The first kappa shape index (κ1) is 13.6. The van der Waals surface area contributed by atoms with Crippen LogP contribution in [0.15, 0.2) is 16.7 Å². The van der Waals surface area contributed by atoms with Crippen LogP contribution in [0.5, 0.6) is 0 Å². The lowest BCUT2D eigenvalue weighted by molar-refractivity contribution is 0.254. The van der Waals surface area contributed by atoms with Crippen molar-refractivity contribution in [3.8, 4) is 0 Å². The van der Waals surface area contributed by atoms with Crippen LogP contribution in [0, 0.1) is 5.41 Å².